The molecule has 4 nitrogen and oxygen atoms in total. The average Bonchev–Trinajstić information content (AvgIpc) is 2.57. The molecule has 1 aromatic rings. The Kier molecular flexibility index (Phi) is 9.80. The fourth-order valence-electron chi connectivity index (χ4n) is 3.10. The number of carbonyl (C=O) groups is 1. The third-order valence-corrected chi connectivity index (χ3v) is 4.64. The van der Waals surface area contributed by atoms with Crippen molar-refractivity contribution in [3.8, 4) is 5.75 Å². The summed E-state index contributed by atoms with van der Waals surface area (Å²) in [5.41, 5.74) is 1.14. The van der Waals surface area contributed by atoms with Crippen LogP contribution in [0.5, 0.6) is 5.75 Å². The number of halogens is 1. The van der Waals surface area contributed by atoms with Crippen LogP contribution >= 0.6 is 12.4 Å². The van der Waals surface area contributed by atoms with Crippen molar-refractivity contribution < 1.29 is 9.53 Å². The van der Waals surface area contributed by atoms with Crippen LogP contribution in [0.25, 0.3) is 0 Å². The lowest BCUT2D eigenvalue weighted by molar-refractivity contribution is -0.122. The minimum atomic E-state index is 0. The number of piperidine rings is 1. The third kappa shape index (κ3) is 7.10. The Hall–Kier alpha value is -1.26. The van der Waals surface area contributed by atoms with Crippen LogP contribution in [-0.4, -0.2) is 32.1 Å². The van der Waals surface area contributed by atoms with Gasteiger partial charge >= 0.3 is 0 Å². The van der Waals surface area contributed by atoms with E-state index in [0.29, 0.717) is 31.4 Å². The summed E-state index contributed by atoms with van der Waals surface area (Å²) in [4.78, 5) is 12.0. The van der Waals surface area contributed by atoms with Gasteiger partial charge in [0, 0.05) is 13.0 Å². The summed E-state index contributed by atoms with van der Waals surface area (Å²) < 4.78 is 5.74. The van der Waals surface area contributed by atoms with Crippen molar-refractivity contribution in [3.63, 3.8) is 0 Å². The van der Waals surface area contributed by atoms with Gasteiger partial charge in [-0.2, -0.15) is 0 Å². The summed E-state index contributed by atoms with van der Waals surface area (Å²) in [7, 11) is 0. The summed E-state index contributed by atoms with van der Waals surface area (Å²) in [6.45, 7) is 7.72. The molecule has 0 radical (unpaired) electrons. The van der Waals surface area contributed by atoms with E-state index in [1.807, 2.05) is 31.2 Å². The second kappa shape index (κ2) is 11.3. The smallest absolute Gasteiger partial charge is 0.220 e. The van der Waals surface area contributed by atoms with E-state index in [1.54, 1.807) is 0 Å². The number of ether oxygens (including phenoxy) is 1. The number of aryl methyl sites for hydroxylation is 1. The Balaban J connectivity index is 0.00000288. The van der Waals surface area contributed by atoms with E-state index in [1.165, 1.54) is 12.8 Å². The number of nitrogens with one attached hydrogen (secondary N) is 2. The number of rotatable bonds is 8. The van der Waals surface area contributed by atoms with Crippen LogP contribution in [0.3, 0.4) is 0 Å². The lowest BCUT2D eigenvalue weighted by Gasteiger charge is -2.28. The van der Waals surface area contributed by atoms with E-state index in [0.717, 1.165) is 30.8 Å². The van der Waals surface area contributed by atoms with Gasteiger partial charge in [-0.1, -0.05) is 25.1 Å². The predicted octanol–water partition coefficient (Wildman–Crippen LogP) is 3.33. The molecular formula is C19H31ClN2O2. The first-order chi connectivity index (χ1) is 11.2. The predicted molar refractivity (Wildman–Crippen MR) is 101 cm³/mol. The van der Waals surface area contributed by atoms with Gasteiger partial charge in [-0.15, -0.1) is 12.4 Å². The SMILES string of the molecule is Cc1ccccc1OCCCNC(=O)CC(C)C1CCCNC1.Cl. The van der Waals surface area contributed by atoms with Crippen molar-refractivity contribution in [2.45, 2.75) is 39.5 Å². The minimum Gasteiger partial charge on any atom is -0.493 e. The maximum absolute atomic E-state index is 12.0. The summed E-state index contributed by atoms with van der Waals surface area (Å²) >= 11 is 0. The van der Waals surface area contributed by atoms with Crippen LogP contribution in [0.2, 0.25) is 0 Å². The molecule has 1 aliphatic rings. The number of benzene rings is 1. The molecule has 2 rings (SSSR count). The van der Waals surface area contributed by atoms with Gasteiger partial charge in [-0.25, -0.2) is 0 Å². The molecule has 0 bridgehead atoms. The number of carbonyl (C=O) groups excluding carboxylic acids is 1. The van der Waals surface area contributed by atoms with Crippen molar-refractivity contribution in [2.24, 2.45) is 11.8 Å². The van der Waals surface area contributed by atoms with Gasteiger partial charge < -0.3 is 15.4 Å². The molecule has 1 saturated heterocycles. The quantitative estimate of drug-likeness (QED) is 0.704. The van der Waals surface area contributed by atoms with Crippen LogP contribution < -0.4 is 15.4 Å². The molecule has 1 fully saturated rings. The molecule has 1 amide bonds. The molecule has 2 N–H and O–H groups in total. The zero-order valence-corrected chi connectivity index (χ0v) is 15.7. The summed E-state index contributed by atoms with van der Waals surface area (Å²) in [6, 6.07) is 8.00. The first kappa shape index (κ1) is 20.8. The minimum absolute atomic E-state index is 0. The van der Waals surface area contributed by atoms with Crippen molar-refractivity contribution in [2.75, 3.05) is 26.2 Å². The van der Waals surface area contributed by atoms with Crippen LogP contribution in [0.15, 0.2) is 24.3 Å². The molecule has 136 valence electrons. The zero-order chi connectivity index (χ0) is 16.5. The molecular weight excluding hydrogens is 324 g/mol. The highest BCUT2D eigenvalue weighted by Crippen LogP contribution is 2.22. The number of para-hydroxylation sites is 1. The van der Waals surface area contributed by atoms with E-state index in [4.69, 9.17) is 4.74 Å². The summed E-state index contributed by atoms with van der Waals surface area (Å²) in [6.07, 6.45) is 3.93. The first-order valence-electron chi connectivity index (χ1n) is 8.82. The van der Waals surface area contributed by atoms with Crippen molar-refractivity contribution in [1.82, 2.24) is 10.6 Å². The Bertz CT molecular complexity index is 490. The second-order valence-corrected chi connectivity index (χ2v) is 6.61. The van der Waals surface area contributed by atoms with Crippen molar-refractivity contribution >= 4 is 18.3 Å². The number of amides is 1. The molecule has 2 atom stereocenters. The van der Waals surface area contributed by atoms with Gasteiger partial charge in [-0.05, 0) is 62.7 Å². The topological polar surface area (TPSA) is 50.4 Å². The van der Waals surface area contributed by atoms with E-state index in [-0.39, 0.29) is 18.3 Å². The molecule has 0 saturated carbocycles. The van der Waals surface area contributed by atoms with Gasteiger partial charge in [0.2, 0.25) is 5.91 Å². The van der Waals surface area contributed by atoms with Crippen molar-refractivity contribution in [1.29, 1.82) is 0 Å². The fraction of sp³-hybridized carbons (Fsp3) is 0.632. The average molecular weight is 355 g/mol. The normalized spacial score (nSPS) is 18.3. The molecule has 5 heteroatoms. The van der Waals surface area contributed by atoms with Crippen LogP contribution in [0.4, 0.5) is 0 Å². The Morgan fingerprint density at radius 1 is 1.42 bits per heavy atom. The maximum atomic E-state index is 12.0. The molecule has 0 spiro atoms. The largest absolute Gasteiger partial charge is 0.493 e. The molecule has 2 unspecified atom stereocenters. The monoisotopic (exact) mass is 354 g/mol. The molecule has 1 aromatic carbocycles. The third-order valence-electron chi connectivity index (χ3n) is 4.64. The lowest BCUT2D eigenvalue weighted by atomic mass is 9.85. The first-order valence-corrected chi connectivity index (χ1v) is 8.82. The highest BCUT2D eigenvalue weighted by molar-refractivity contribution is 5.85. The molecule has 24 heavy (non-hydrogen) atoms. The van der Waals surface area contributed by atoms with E-state index in [2.05, 4.69) is 17.6 Å². The highest BCUT2D eigenvalue weighted by Gasteiger charge is 2.21. The second-order valence-electron chi connectivity index (χ2n) is 6.61. The lowest BCUT2D eigenvalue weighted by Crippen LogP contribution is -2.35. The summed E-state index contributed by atoms with van der Waals surface area (Å²) in [5, 5.41) is 6.43. The van der Waals surface area contributed by atoms with Gasteiger partial charge in [-0.3, -0.25) is 4.79 Å². The van der Waals surface area contributed by atoms with Gasteiger partial charge in [0.05, 0.1) is 6.61 Å². The summed E-state index contributed by atoms with van der Waals surface area (Å²) in [5.74, 6) is 2.18. The molecule has 1 heterocycles. The van der Waals surface area contributed by atoms with Gasteiger partial charge in [0.1, 0.15) is 5.75 Å². The fourth-order valence-corrected chi connectivity index (χ4v) is 3.10. The Morgan fingerprint density at radius 3 is 2.92 bits per heavy atom. The zero-order valence-electron chi connectivity index (χ0n) is 14.8. The number of hydrogen-bond acceptors (Lipinski definition) is 3. The molecule has 1 aliphatic heterocycles. The van der Waals surface area contributed by atoms with Gasteiger partial charge in [0.15, 0.2) is 0 Å². The standard InChI is InChI=1S/C19H30N2O2.ClH/c1-15-7-3-4-9-18(15)23-12-6-11-21-19(22)13-16(2)17-8-5-10-20-14-17;/h3-4,7,9,16-17,20H,5-6,8,10-14H2,1-2H3,(H,21,22);1H. The number of hydrogen-bond donors (Lipinski definition) is 2. The van der Waals surface area contributed by atoms with Crippen molar-refractivity contribution in [3.05, 3.63) is 29.8 Å². The van der Waals surface area contributed by atoms with Gasteiger partial charge in [0.25, 0.3) is 0 Å². The Morgan fingerprint density at radius 2 is 2.21 bits per heavy atom. The molecule has 0 aromatic heterocycles. The van der Waals surface area contributed by atoms with E-state index < -0.39 is 0 Å². The van der Waals surface area contributed by atoms with E-state index in [9.17, 15) is 4.79 Å². The highest BCUT2D eigenvalue weighted by atomic mass is 35.5. The van der Waals surface area contributed by atoms with E-state index >= 15 is 0 Å². The Labute approximate surface area is 152 Å². The van der Waals surface area contributed by atoms with Crippen LogP contribution in [0, 0.1) is 18.8 Å². The molecule has 0 aliphatic carbocycles. The van der Waals surface area contributed by atoms with Crippen LogP contribution in [0.1, 0.15) is 38.2 Å². The van der Waals surface area contributed by atoms with Crippen LogP contribution in [-0.2, 0) is 4.79 Å². The maximum Gasteiger partial charge on any atom is 0.220 e.